The third-order valence-corrected chi connectivity index (χ3v) is 3.65. The molecule has 2 aromatic rings. The summed E-state index contributed by atoms with van der Waals surface area (Å²) in [6, 6.07) is 7.55. The van der Waals surface area contributed by atoms with E-state index in [0.717, 1.165) is 22.0 Å². The van der Waals surface area contributed by atoms with Crippen LogP contribution in [-0.2, 0) is 4.74 Å². The first-order valence-electron chi connectivity index (χ1n) is 5.66. The summed E-state index contributed by atoms with van der Waals surface area (Å²) in [5.74, 6) is 0. The Labute approximate surface area is 97.5 Å². The number of hydrogen-bond acceptors (Lipinski definition) is 4. The van der Waals surface area contributed by atoms with Gasteiger partial charge in [-0.05, 0) is 23.3 Å². The van der Waals surface area contributed by atoms with E-state index in [-0.39, 0.29) is 12.2 Å². The van der Waals surface area contributed by atoms with Gasteiger partial charge in [0, 0.05) is 11.6 Å². The van der Waals surface area contributed by atoms with Gasteiger partial charge in [0.05, 0.1) is 5.52 Å². The predicted molar refractivity (Wildman–Crippen MR) is 60.3 cm³/mol. The molecule has 1 aromatic carbocycles. The zero-order chi connectivity index (χ0) is 11.6. The van der Waals surface area contributed by atoms with Crippen LogP contribution >= 0.6 is 0 Å². The standard InChI is InChI=1S/C13H11NO3/c15-10-7-3-4-8-6(2-1-5-14-8)9(7)12-13(17-12)11(10)16/h1-5,10-13,15-16H. The van der Waals surface area contributed by atoms with Crippen LogP contribution < -0.4 is 0 Å². The Morgan fingerprint density at radius 1 is 1.18 bits per heavy atom. The van der Waals surface area contributed by atoms with E-state index >= 15 is 0 Å². The lowest BCUT2D eigenvalue weighted by Gasteiger charge is -2.24. The van der Waals surface area contributed by atoms with Crippen molar-refractivity contribution in [1.82, 2.24) is 4.98 Å². The molecule has 4 rings (SSSR count). The Morgan fingerprint density at radius 3 is 2.94 bits per heavy atom. The van der Waals surface area contributed by atoms with Gasteiger partial charge in [-0.3, -0.25) is 4.98 Å². The fourth-order valence-corrected chi connectivity index (χ4v) is 2.75. The molecule has 4 unspecified atom stereocenters. The minimum absolute atomic E-state index is 0.0868. The molecule has 2 aliphatic rings. The fraction of sp³-hybridized carbons (Fsp3) is 0.308. The minimum Gasteiger partial charge on any atom is -0.387 e. The van der Waals surface area contributed by atoms with E-state index in [2.05, 4.69) is 4.98 Å². The van der Waals surface area contributed by atoms with E-state index in [1.54, 1.807) is 6.20 Å². The second-order valence-electron chi connectivity index (χ2n) is 4.60. The molecule has 86 valence electrons. The molecule has 1 aliphatic heterocycles. The smallest absolute Gasteiger partial charge is 0.118 e. The zero-order valence-electron chi connectivity index (χ0n) is 8.95. The van der Waals surface area contributed by atoms with Crippen molar-refractivity contribution >= 4 is 10.9 Å². The molecule has 1 aromatic heterocycles. The Balaban J connectivity index is 2.05. The van der Waals surface area contributed by atoms with Gasteiger partial charge >= 0.3 is 0 Å². The first kappa shape index (κ1) is 9.53. The van der Waals surface area contributed by atoms with Crippen molar-refractivity contribution in [3.05, 3.63) is 41.6 Å². The molecule has 17 heavy (non-hydrogen) atoms. The minimum atomic E-state index is -0.863. The maximum Gasteiger partial charge on any atom is 0.118 e. The zero-order valence-corrected chi connectivity index (χ0v) is 8.95. The van der Waals surface area contributed by atoms with Crippen LogP contribution in [0.4, 0.5) is 0 Å². The summed E-state index contributed by atoms with van der Waals surface area (Å²) in [5.41, 5.74) is 2.64. The van der Waals surface area contributed by atoms with Crippen LogP contribution in [0.3, 0.4) is 0 Å². The topological polar surface area (TPSA) is 65.9 Å². The highest BCUT2D eigenvalue weighted by molar-refractivity contribution is 5.84. The Bertz CT molecular complexity index is 613. The van der Waals surface area contributed by atoms with Gasteiger partial charge in [-0.1, -0.05) is 12.1 Å². The summed E-state index contributed by atoms with van der Waals surface area (Å²) in [5, 5.41) is 20.9. The number of nitrogens with zero attached hydrogens (tertiary/aromatic N) is 1. The van der Waals surface area contributed by atoms with Crippen molar-refractivity contribution in [2.75, 3.05) is 0 Å². The molecule has 4 nitrogen and oxygen atoms in total. The van der Waals surface area contributed by atoms with E-state index in [1.165, 1.54) is 0 Å². The van der Waals surface area contributed by atoms with Crippen molar-refractivity contribution < 1.29 is 14.9 Å². The number of epoxide rings is 1. The van der Waals surface area contributed by atoms with Crippen molar-refractivity contribution in [2.24, 2.45) is 0 Å². The van der Waals surface area contributed by atoms with Crippen LogP contribution in [0, 0.1) is 0 Å². The molecule has 1 fully saturated rings. The second kappa shape index (κ2) is 3.04. The number of aliphatic hydroxyl groups excluding tert-OH is 2. The van der Waals surface area contributed by atoms with Crippen molar-refractivity contribution in [1.29, 1.82) is 0 Å². The maximum atomic E-state index is 10.0. The lowest BCUT2D eigenvalue weighted by molar-refractivity contribution is 0.000103. The fourth-order valence-electron chi connectivity index (χ4n) is 2.75. The van der Waals surface area contributed by atoms with Gasteiger partial charge in [-0.25, -0.2) is 0 Å². The number of aliphatic hydroxyl groups is 2. The van der Waals surface area contributed by atoms with E-state index in [0.29, 0.717) is 0 Å². The molecule has 0 bridgehead atoms. The Kier molecular flexibility index (Phi) is 1.71. The first-order valence-corrected chi connectivity index (χ1v) is 5.66. The number of pyridine rings is 1. The van der Waals surface area contributed by atoms with E-state index < -0.39 is 12.2 Å². The van der Waals surface area contributed by atoms with E-state index in [4.69, 9.17) is 4.74 Å². The van der Waals surface area contributed by atoms with Gasteiger partial charge in [0.1, 0.15) is 24.4 Å². The molecule has 0 saturated carbocycles. The molecule has 1 aliphatic carbocycles. The average molecular weight is 229 g/mol. The van der Waals surface area contributed by atoms with Crippen molar-refractivity contribution in [3.8, 4) is 0 Å². The number of benzene rings is 1. The monoisotopic (exact) mass is 229 g/mol. The van der Waals surface area contributed by atoms with Gasteiger partial charge in [0.15, 0.2) is 0 Å². The highest BCUT2D eigenvalue weighted by atomic mass is 16.6. The molecular formula is C13H11NO3. The van der Waals surface area contributed by atoms with Crippen molar-refractivity contribution in [3.63, 3.8) is 0 Å². The van der Waals surface area contributed by atoms with Gasteiger partial charge in [-0.2, -0.15) is 0 Å². The van der Waals surface area contributed by atoms with Crippen LogP contribution in [-0.4, -0.2) is 27.4 Å². The van der Waals surface area contributed by atoms with Crippen LogP contribution in [0.25, 0.3) is 10.9 Å². The summed E-state index contributed by atoms with van der Waals surface area (Å²) >= 11 is 0. The lowest BCUT2D eigenvalue weighted by Crippen LogP contribution is -2.29. The van der Waals surface area contributed by atoms with Crippen LogP contribution in [0.5, 0.6) is 0 Å². The number of fused-ring (bicyclic) bond motifs is 5. The van der Waals surface area contributed by atoms with Crippen LogP contribution in [0.2, 0.25) is 0 Å². The summed E-state index contributed by atoms with van der Waals surface area (Å²) in [6.07, 6.45) is -0.284. The molecule has 0 radical (unpaired) electrons. The molecule has 0 amide bonds. The highest BCUT2D eigenvalue weighted by Crippen LogP contribution is 2.52. The van der Waals surface area contributed by atoms with E-state index in [1.807, 2.05) is 24.3 Å². The van der Waals surface area contributed by atoms with Crippen LogP contribution in [0.1, 0.15) is 23.3 Å². The summed E-state index contributed by atoms with van der Waals surface area (Å²) < 4.78 is 5.46. The van der Waals surface area contributed by atoms with Gasteiger partial charge < -0.3 is 14.9 Å². The lowest BCUT2D eigenvalue weighted by atomic mass is 9.85. The molecule has 0 spiro atoms. The molecule has 2 N–H and O–H groups in total. The molecule has 2 heterocycles. The molecule has 4 heteroatoms. The predicted octanol–water partition coefficient (Wildman–Crippen LogP) is 1.08. The third kappa shape index (κ3) is 1.15. The van der Waals surface area contributed by atoms with Crippen molar-refractivity contribution in [2.45, 2.75) is 24.4 Å². The first-order chi connectivity index (χ1) is 8.27. The number of ether oxygens (including phenoxy) is 1. The van der Waals surface area contributed by atoms with Gasteiger partial charge in [0.25, 0.3) is 0 Å². The number of hydrogen-bond donors (Lipinski definition) is 2. The highest BCUT2D eigenvalue weighted by Gasteiger charge is 2.54. The molecular weight excluding hydrogens is 218 g/mol. The number of rotatable bonds is 0. The third-order valence-electron chi connectivity index (χ3n) is 3.65. The van der Waals surface area contributed by atoms with Crippen LogP contribution in [0.15, 0.2) is 30.5 Å². The normalized spacial score (nSPS) is 34.2. The quantitative estimate of drug-likeness (QED) is 0.663. The SMILES string of the molecule is OC1c2ccc3ncccc3c2C2OC2C1O. The van der Waals surface area contributed by atoms with Gasteiger partial charge in [-0.15, -0.1) is 0 Å². The average Bonchev–Trinajstić information content (AvgIpc) is 3.15. The maximum absolute atomic E-state index is 10.0. The number of aromatic nitrogens is 1. The Morgan fingerprint density at radius 2 is 2.06 bits per heavy atom. The summed E-state index contributed by atoms with van der Waals surface area (Å²) in [7, 11) is 0. The largest absolute Gasteiger partial charge is 0.387 e. The summed E-state index contributed by atoms with van der Waals surface area (Å²) in [6.45, 7) is 0. The summed E-state index contributed by atoms with van der Waals surface area (Å²) in [4.78, 5) is 4.29. The van der Waals surface area contributed by atoms with Gasteiger partial charge in [0.2, 0.25) is 0 Å². The second-order valence-corrected chi connectivity index (χ2v) is 4.60. The van der Waals surface area contributed by atoms with E-state index in [9.17, 15) is 10.2 Å². The Hall–Kier alpha value is -1.49. The molecule has 1 saturated heterocycles. The molecule has 4 atom stereocenters.